The van der Waals surface area contributed by atoms with Crippen molar-refractivity contribution in [1.82, 2.24) is 25.1 Å². The summed E-state index contributed by atoms with van der Waals surface area (Å²) in [6.07, 6.45) is 3.95. The van der Waals surface area contributed by atoms with E-state index in [0.717, 1.165) is 74.3 Å². The molecule has 0 unspecified atom stereocenters. The number of carbonyl (C=O) groups excluding carboxylic acids is 2. The number of carbonyl (C=O) groups is 2. The Bertz CT molecular complexity index is 2070. The number of fused-ring (bicyclic) bond motifs is 4. The number of hydrogen-bond donors (Lipinski definition) is 3. The van der Waals surface area contributed by atoms with Gasteiger partial charge in [-0.05, 0) is 86.7 Å². The van der Waals surface area contributed by atoms with Crippen molar-refractivity contribution in [3.05, 3.63) is 105 Å². The van der Waals surface area contributed by atoms with Gasteiger partial charge in [-0.3, -0.25) is 19.1 Å². The Morgan fingerprint density at radius 1 is 1.04 bits per heavy atom. The van der Waals surface area contributed by atoms with E-state index in [1.165, 1.54) is 4.88 Å². The first kappa shape index (κ1) is 34.3. The van der Waals surface area contributed by atoms with E-state index >= 15 is 0 Å². The molecule has 0 fully saturated rings. The zero-order chi connectivity index (χ0) is 33.4. The number of aromatic nitrogens is 4. The molecule has 0 radical (unpaired) electrons. The average Bonchev–Trinajstić information content (AvgIpc) is 3.71. The van der Waals surface area contributed by atoms with Gasteiger partial charge in [-0.15, -0.1) is 21.5 Å². The van der Waals surface area contributed by atoms with Crippen LogP contribution in [0.15, 0.2) is 65.8 Å². The predicted octanol–water partition coefficient (Wildman–Crippen LogP) is 6.87. The van der Waals surface area contributed by atoms with Crippen LogP contribution >= 0.6 is 36.4 Å². The zero-order valence-corrected chi connectivity index (χ0v) is 30.0. The van der Waals surface area contributed by atoms with E-state index in [4.69, 9.17) is 16.6 Å². The van der Waals surface area contributed by atoms with Crippen molar-refractivity contribution >= 4 is 65.5 Å². The second kappa shape index (κ2) is 14.5. The highest BCUT2D eigenvalue weighted by atomic mass is 35.5. The number of rotatable bonds is 10. The van der Waals surface area contributed by atoms with Crippen LogP contribution in [0.5, 0.6) is 0 Å². The summed E-state index contributed by atoms with van der Waals surface area (Å²) in [6, 6.07) is 17.1. The highest BCUT2D eigenvalue weighted by molar-refractivity contribution is 7.59. The monoisotopic (exact) mass is 712 g/mol. The van der Waals surface area contributed by atoms with Crippen molar-refractivity contribution in [1.29, 1.82) is 0 Å². The third kappa shape index (κ3) is 6.99. The molecule has 10 nitrogen and oxygen atoms in total. The number of anilines is 2. The second-order valence-electron chi connectivity index (χ2n) is 12.1. The van der Waals surface area contributed by atoms with Crippen molar-refractivity contribution < 1.29 is 9.59 Å². The van der Waals surface area contributed by atoms with E-state index in [0.29, 0.717) is 30.4 Å². The number of hydrogen-bond acceptors (Lipinski definition) is 8. The van der Waals surface area contributed by atoms with Crippen LogP contribution in [0.25, 0.3) is 16.1 Å². The van der Waals surface area contributed by atoms with Crippen LogP contribution in [-0.2, 0) is 16.0 Å². The van der Waals surface area contributed by atoms with Crippen LogP contribution < -0.4 is 16.0 Å². The first-order valence-electron chi connectivity index (χ1n) is 16.0. The number of pyridine rings is 1. The molecule has 3 N–H and O–H groups in total. The first-order chi connectivity index (χ1) is 23.3. The predicted molar refractivity (Wildman–Crippen MR) is 201 cm³/mol. The number of nitrogens with one attached hydrogen (secondary N) is 3. The van der Waals surface area contributed by atoms with Crippen LogP contribution in [0.3, 0.4) is 0 Å². The molecule has 2 aliphatic rings. The van der Waals surface area contributed by atoms with Gasteiger partial charge in [0.2, 0.25) is 11.8 Å². The lowest BCUT2D eigenvalue weighted by atomic mass is 9.99. The fourth-order valence-electron chi connectivity index (χ4n) is 6.24. The Labute approximate surface area is 300 Å². The molecule has 3 aromatic heterocycles. The Hall–Kier alpha value is -4.52. The quantitative estimate of drug-likeness (QED) is 0.136. The lowest BCUT2D eigenvalue weighted by molar-refractivity contribution is -0.121. The summed E-state index contributed by atoms with van der Waals surface area (Å²) in [5, 5.41) is 20.0. The van der Waals surface area contributed by atoms with E-state index < -0.39 is 6.04 Å². The lowest BCUT2D eigenvalue weighted by Gasteiger charge is -2.14. The van der Waals surface area contributed by atoms with Crippen molar-refractivity contribution in [3.8, 4) is 16.1 Å². The van der Waals surface area contributed by atoms with Gasteiger partial charge in [-0.1, -0.05) is 29.8 Å². The normalized spacial score (nSPS) is 14.5. The third-order valence-electron chi connectivity index (χ3n) is 8.80. The molecule has 2 aliphatic heterocycles. The molecule has 5 heterocycles. The van der Waals surface area contributed by atoms with Crippen LogP contribution in [0, 0.1) is 20.8 Å². The molecule has 5 aromatic rings. The average molecular weight is 713 g/mol. The summed E-state index contributed by atoms with van der Waals surface area (Å²) in [5.41, 5.74) is 7.83. The molecule has 7 rings (SSSR count). The Morgan fingerprint density at radius 2 is 1.82 bits per heavy atom. The minimum atomic E-state index is -0.506. The van der Waals surface area contributed by atoms with Crippen molar-refractivity contribution in [2.45, 2.75) is 52.5 Å². The summed E-state index contributed by atoms with van der Waals surface area (Å²) < 4.78 is 2.06. The molecule has 0 aliphatic carbocycles. The molecular weight excluding hydrogens is 676 g/mol. The standard InChI is InChI=1S/C36H35ClN8O2S.H2S/c1-20-21(2)48-36-32(20)33(23-8-11-26(37)12-9-23)42-29(35-44-43-22(3)45(35)36)19-30(46)38-14-4-5-15-39-34-27(7-6-16-40-34)24-10-13-28-25(17-24)18-31(47)41-28;/h6-13,16-17,29H,4-5,14-15,18-19H2,1-3H3,(H,38,46)(H,39,40)(H,41,47);1H2/t29-;/m0./s1. The van der Waals surface area contributed by atoms with Crippen LogP contribution in [0.2, 0.25) is 5.02 Å². The van der Waals surface area contributed by atoms with Gasteiger partial charge < -0.3 is 16.0 Å². The van der Waals surface area contributed by atoms with Crippen LogP contribution in [0.1, 0.15) is 64.1 Å². The van der Waals surface area contributed by atoms with Gasteiger partial charge in [0.15, 0.2) is 5.82 Å². The van der Waals surface area contributed by atoms with Gasteiger partial charge in [0.1, 0.15) is 22.7 Å². The Morgan fingerprint density at radius 3 is 2.63 bits per heavy atom. The smallest absolute Gasteiger partial charge is 0.228 e. The minimum Gasteiger partial charge on any atom is -0.370 e. The van der Waals surface area contributed by atoms with Crippen LogP contribution in [-0.4, -0.2) is 50.4 Å². The van der Waals surface area contributed by atoms with Gasteiger partial charge in [0.25, 0.3) is 0 Å². The summed E-state index contributed by atoms with van der Waals surface area (Å²) in [5.74, 6) is 2.14. The van der Waals surface area contributed by atoms with E-state index in [2.05, 4.69) is 49.5 Å². The molecule has 0 spiro atoms. The molecule has 0 saturated carbocycles. The van der Waals surface area contributed by atoms with E-state index in [9.17, 15) is 9.59 Å². The third-order valence-corrected chi connectivity index (χ3v) is 10.2. The van der Waals surface area contributed by atoms with E-state index in [1.807, 2.05) is 61.5 Å². The van der Waals surface area contributed by atoms with Gasteiger partial charge in [-0.25, -0.2) is 4.98 Å². The number of thiophene rings is 1. The Balaban J connectivity index is 0.00000417. The van der Waals surface area contributed by atoms with Crippen molar-refractivity contribution in [2.75, 3.05) is 23.7 Å². The van der Waals surface area contributed by atoms with Gasteiger partial charge in [0.05, 0.1) is 18.6 Å². The molecule has 252 valence electrons. The maximum atomic E-state index is 13.3. The van der Waals surface area contributed by atoms with E-state index in [1.54, 1.807) is 17.5 Å². The molecule has 0 saturated heterocycles. The van der Waals surface area contributed by atoms with E-state index in [-0.39, 0.29) is 31.7 Å². The number of halogens is 1. The summed E-state index contributed by atoms with van der Waals surface area (Å²) in [7, 11) is 0. The zero-order valence-electron chi connectivity index (χ0n) is 27.4. The minimum absolute atomic E-state index is 0. The molecule has 2 amide bonds. The fraction of sp³-hybridized carbons (Fsp3) is 0.278. The number of benzene rings is 2. The second-order valence-corrected chi connectivity index (χ2v) is 13.7. The number of aryl methyl sites for hydroxylation is 2. The fourth-order valence-corrected chi connectivity index (χ4v) is 7.58. The molecule has 1 atom stereocenters. The topological polar surface area (TPSA) is 126 Å². The molecule has 49 heavy (non-hydrogen) atoms. The maximum absolute atomic E-state index is 13.3. The number of nitrogens with zero attached hydrogens (tertiary/aromatic N) is 5. The molecule has 2 aromatic carbocycles. The largest absolute Gasteiger partial charge is 0.370 e. The van der Waals surface area contributed by atoms with Gasteiger partial charge >= 0.3 is 0 Å². The maximum Gasteiger partial charge on any atom is 0.228 e. The highest BCUT2D eigenvalue weighted by Crippen LogP contribution is 2.39. The number of unbranched alkanes of at least 4 members (excludes halogenated alkanes) is 1. The highest BCUT2D eigenvalue weighted by Gasteiger charge is 2.32. The van der Waals surface area contributed by atoms with Crippen molar-refractivity contribution in [3.63, 3.8) is 0 Å². The summed E-state index contributed by atoms with van der Waals surface area (Å²) in [6.45, 7) is 7.40. The summed E-state index contributed by atoms with van der Waals surface area (Å²) in [4.78, 5) is 36.1. The molecule has 13 heteroatoms. The van der Waals surface area contributed by atoms with Crippen LogP contribution in [0.4, 0.5) is 11.5 Å². The summed E-state index contributed by atoms with van der Waals surface area (Å²) >= 11 is 7.91. The Kier molecular flexibility index (Phi) is 10.2. The first-order valence-corrected chi connectivity index (χ1v) is 17.2. The van der Waals surface area contributed by atoms with Gasteiger partial charge in [0, 0.05) is 51.6 Å². The number of amides is 2. The van der Waals surface area contributed by atoms with Crippen molar-refractivity contribution in [2.24, 2.45) is 4.99 Å². The van der Waals surface area contributed by atoms with Gasteiger partial charge in [-0.2, -0.15) is 13.5 Å². The molecular formula is C36H37ClN8O2S2. The number of aliphatic imine (C=N–C) groups is 1. The molecule has 0 bridgehead atoms. The lowest BCUT2D eigenvalue weighted by Crippen LogP contribution is -2.26. The SMILES string of the molecule is Cc1sc2c(c1C)C(c1ccc(Cl)cc1)=N[C@@H](CC(=O)NCCCCNc1ncccc1-c1ccc3c(c1)CC(=O)N3)c1nnc(C)n1-2.S.